The third kappa shape index (κ3) is 5.35. The van der Waals surface area contributed by atoms with E-state index < -0.39 is 27.1 Å². The number of benzene rings is 3. The minimum absolute atomic E-state index is 0.00684. The molecular formula is C23H15BrFNO5S2. The fraction of sp³-hybridized carbons (Fsp3) is 0.0435. The number of hydrogen-bond acceptors (Lipinski definition) is 6. The smallest absolute Gasteiger partial charge is 0.339 e. The monoisotopic (exact) mass is 547 g/mol. The first-order valence-electron chi connectivity index (χ1n) is 9.52. The van der Waals surface area contributed by atoms with Crippen molar-refractivity contribution in [2.24, 2.45) is 0 Å². The van der Waals surface area contributed by atoms with Gasteiger partial charge in [-0.2, -0.15) is 8.42 Å². The average molecular weight is 548 g/mol. The number of hydrogen-bond donors (Lipinski definition) is 0. The van der Waals surface area contributed by atoms with Gasteiger partial charge in [-0.25, -0.2) is 4.39 Å². The van der Waals surface area contributed by atoms with Gasteiger partial charge in [0.1, 0.15) is 16.5 Å². The Morgan fingerprint density at radius 1 is 1.00 bits per heavy atom. The lowest BCUT2D eigenvalue weighted by Gasteiger charge is -2.12. The third-order valence-electron chi connectivity index (χ3n) is 4.62. The fourth-order valence-corrected chi connectivity index (χ4v) is 5.19. The van der Waals surface area contributed by atoms with E-state index in [-0.39, 0.29) is 22.1 Å². The molecule has 1 saturated heterocycles. The highest BCUT2D eigenvalue weighted by molar-refractivity contribution is 9.10. The van der Waals surface area contributed by atoms with E-state index in [0.29, 0.717) is 15.6 Å². The fourth-order valence-electron chi connectivity index (χ4n) is 3.01. The highest BCUT2D eigenvalue weighted by atomic mass is 79.9. The van der Waals surface area contributed by atoms with Crippen molar-refractivity contribution >= 4 is 55.0 Å². The molecule has 0 saturated carbocycles. The third-order valence-corrected chi connectivity index (χ3v) is 7.27. The predicted molar refractivity (Wildman–Crippen MR) is 126 cm³/mol. The van der Waals surface area contributed by atoms with E-state index >= 15 is 0 Å². The summed E-state index contributed by atoms with van der Waals surface area (Å²) in [5.41, 5.74) is 0.900. The molecule has 0 aromatic heterocycles. The second-order valence-electron chi connectivity index (χ2n) is 6.93. The number of nitrogens with zero attached hydrogens (tertiary/aromatic N) is 1. The van der Waals surface area contributed by atoms with Gasteiger partial charge in [-0.05, 0) is 65.9 Å². The molecule has 2 amide bonds. The highest BCUT2D eigenvalue weighted by Gasteiger charge is 2.35. The molecule has 4 rings (SSSR count). The van der Waals surface area contributed by atoms with Gasteiger partial charge < -0.3 is 4.18 Å². The van der Waals surface area contributed by atoms with Gasteiger partial charge in [-0.1, -0.05) is 46.3 Å². The molecule has 1 aliphatic rings. The van der Waals surface area contributed by atoms with Crippen LogP contribution < -0.4 is 4.18 Å². The van der Waals surface area contributed by atoms with Crippen LogP contribution in [-0.4, -0.2) is 24.5 Å². The normalized spacial score (nSPS) is 15.3. The summed E-state index contributed by atoms with van der Waals surface area (Å²) in [6.07, 6.45) is 1.41. The molecule has 168 valence electrons. The summed E-state index contributed by atoms with van der Waals surface area (Å²) < 4.78 is 44.4. The number of rotatable bonds is 6. The Bertz CT molecular complexity index is 1360. The molecule has 0 atom stereocenters. The Morgan fingerprint density at radius 2 is 1.70 bits per heavy atom. The summed E-state index contributed by atoms with van der Waals surface area (Å²) in [7, 11) is -4.11. The van der Waals surface area contributed by atoms with Crippen LogP contribution in [0, 0.1) is 5.82 Å². The van der Waals surface area contributed by atoms with E-state index in [1.165, 1.54) is 48.5 Å². The molecule has 33 heavy (non-hydrogen) atoms. The number of carbonyl (C=O) groups is 2. The molecule has 1 aliphatic heterocycles. The summed E-state index contributed by atoms with van der Waals surface area (Å²) >= 11 is 4.06. The summed E-state index contributed by atoms with van der Waals surface area (Å²) in [4.78, 5) is 26.4. The van der Waals surface area contributed by atoms with Crippen LogP contribution in [0.3, 0.4) is 0 Å². The minimum atomic E-state index is -4.11. The molecule has 0 spiro atoms. The maximum Gasteiger partial charge on any atom is 0.339 e. The van der Waals surface area contributed by atoms with Crippen molar-refractivity contribution in [3.63, 3.8) is 0 Å². The first-order valence-corrected chi connectivity index (χ1v) is 12.5. The van der Waals surface area contributed by atoms with Crippen molar-refractivity contribution in [1.82, 2.24) is 4.90 Å². The summed E-state index contributed by atoms with van der Waals surface area (Å²) in [6.45, 7) is -0.00743. The van der Waals surface area contributed by atoms with Gasteiger partial charge in [-0.15, -0.1) is 0 Å². The van der Waals surface area contributed by atoms with Gasteiger partial charge in [0.25, 0.3) is 11.1 Å². The van der Waals surface area contributed by atoms with Crippen molar-refractivity contribution in [2.45, 2.75) is 11.4 Å². The molecule has 10 heteroatoms. The maximum atomic E-state index is 13.1. The lowest BCUT2D eigenvalue weighted by Crippen LogP contribution is -2.27. The number of carbonyl (C=O) groups excluding carboxylic acids is 2. The van der Waals surface area contributed by atoms with Gasteiger partial charge in [0.05, 0.1) is 11.4 Å². The number of halogens is 2. The summed E-state index contributed by atoms with van der Waals surface area (Å²) in [6, 6.07) is 17.8. The molecule has 3 aromatic carbocycles. The Hall–Kier alpha value is -2.95. The van der Waals surface area contributed by atoms with E-state index in [1.807, 2.05) is 0 Å². The van der Waals surface area contributed by atoms with Crippen LogP contribution in [0.15, 0.2) is 87.1 Å². The van der Waals surface area contributed by atoms with Crippen LogP contribution in [-0.2, 0) is 21.5 Å². The lowest BCUT2D eigenvalue weighted by atomic mass is 10.2. The van der Waals surface area contributed by atoms with Gasteiger partial charge in [0, 0.05) is 10.0 Å². The Kier molecular flexibility index (Phi) is 6.68. The van der Waals surface area contributed by atoms with E-state index in [9.17, 15) is 22.4 Å². The number of imide groups is 1. The van der Waals surface area contributed by atoms with Gasteiger partial charge in [0.2, 0.25) is 0 Å². The quantitative estimate of drug-likeness (QED) is 0.295. The minimum Gasteiger partial charge on any atom is -0.378 e. The molecule has 0 N–H and O–H groups in total. The summed E-state index contributed by atoms with van der Waals surface area (Å²) in [5.74, 6) is -0.945. The molecule has 0 unspecified atom stereocenters. The van der Waals surface area contributed by atoms with Crippen LogP contribution >= 0.6 is 27.7 Å². The predicted octanol–water partition coefficient (Wildman–Crippen LogP) is 5.59. The average Bonchev–Trinajstić information content (AvgIpc) is 3.05. The zero-order valence-electron chi connectivity index (χ0n) is 16.8. The van der Waals surface area contributed by atoms with Gasteiger partial charge >= 0.3 is 10.1 Å². The Balaban J connectivity index is 1.62. The largest absolute Gasteiger partial charge is 0.378 e. The molecule has 6 nitrogen and oxygen atoms in total. The molecule has 0 aliphatic carbocycles. The Morgan fingerprint density at radius 3 is 2.39 bits per heavy atom. The molecule has 1 heterocycles. The van der Waals surface area contributed by atoms with Gasteiger partial charge in [-0.3, -0.25) is 14.5 Å². The van der Waals surface area contributed by atoms with Crippen LogP contribution in [0.25, 0.3) is 6.08 Å². The van der Waals surface area contributed by atoms with Crippen molar-refractivity contribution in [3.05, 3.63) is 99.1 Å². The number of thioether (sulfide) groups is 1. The SMILES string of the molecule is O=C1S/C(=C\c2cc(Br)ccc2OS(=O)(=O)c2ccccc2)C(=O)N1Cc1ccc(F)cc1. The molecule has 3 aromatic rings. The zero-order valence-corrected chi connectivity index (χ0v) is 20.0. The Labute approximate surface area is 202 Å². The molecular weight excluding hydrogens is 533 g/mol. The first-order chi connectivity index (χ1) is 15.7. The second-order valence-corrected chi connectivity index (χ2v) is 10.4. The van der Waals surface area contributed by atoms with Crippen LogP contribution in [0.4, 0.5) is 9.18 Å². The molecule has 1 fully saturated rings. The van der Waals surface area contributed by atoms with E-state index in [0.717, 1.165) is 16.7 Å². The lowest BCUT2D eigenvalue weighted by molar-refractivity contribution is -0.123. The summed E-state index contributed by atoms with van der Waals surface area (Å²) in [5, 5.41) is -0.482. The highest BCUT2D eigenvalue weighted by Crippen LogP contribution is 2.36. The van der Waals surface area contributed by atoms with Crippen molar-refractivity contribution in [2.75, 3.05) is 0 Å². The standard InChI is InChI=1S/C23H15BrFNO5S2/c24-17-8-11-20(31-33(29,30)19-4-2-1-3-5-19)16(12-17)13-21-22(27)26(23(28)32-21)14-15-6-9-18(25)10-7-15/h1-13H,14H2/b21-13-. The van der Waals surface area contributed by atoms with Crippen LogP contribution in [0.1, 0.15) is 11.1 Å². The van der Waals surface area contributed by atoms with Gasteiger partial charge in [0.15, 0.2) is 0 Å². The molecule has 0 bridgehead atoms. The first kappa shape index (κ1) is 23.2. The van der Waals surface area contributed by atoms with E-state index in [1.54, 1.807) is 30.3 Å². The second kappa shape index (κ2) is 9.50. The van der Waals surface area contributed by atoms with Crippen LogP contribution in [0.5, 0.6) is 5.75 Å². The molecule has 0 radical (unpaired) electrons. The van der Waals surface area contributed by atoms with Crippen LogP contribution in [0.2, 0.25) is 0 Å². The van der Waals surface area contributed by atoms with E-state index in [4.69, 9.17) is 4.18 Å². The zero-order chi connectivity index (χ0) is 23.6. The van der Waals surface area contributed by atoms with Crippen molar-refractivity contribution in [1.29, 1.82) is 0 Å². The van der Waals surface area contributed by atoms with E-state index in [2.05, 4.69) is 15.9 Å². The van der Waals surface area contributed by atoms with Crippen molar-refractivity contribution < 1.29 is 26.6 Å². The van der Waals surface area contributed by atoms with Crippen molar-refractivity contribution in [3.8, 4) is 5.75 Å². The topological polar surface area (TPSA) is 80.8 Å². The maximum absolute atomic E-state index is 13.1. The number of amides is 2.